The van der Waals surface area contributed by atoms with Gasteiger partial charge in [0.05, 0.1) is 15.1 Å². The Kier molecular flexibility index (Phi) is 3.23. The van der Waals surface area contributed by atoms with E-state index in [4.69, 9.17) is 58.0 Å². The largest absolute Gasteiger partial charge is 0.364 e. The highest BCUT2D eigenvalue weighted by atomic mass is 35.5. The molecule has 1 aliphatic rings. The number of carbonyl (C=O) groups excluding carboxylic acids is 1. The van der Waals surface area contributed by atoms with Gasteiger partial charge in [-0.25, -0.2) is 0 Å². The third kappa shape index (κ3) is 1.72. The number of carbonyl (C=O) groups is 1. The van der Waals surface area contributed by atoms with Crippen molar-refractivity contribution in [2.24, 2.45) is 0 Å². The first-order valence-electron chi connectivity index (χ1n) is 2.87. The van der Waals surface area contributed by atoms with Gasteiger partial charge in [0, 0.05) is 0 Å². The molecule has 0 saturated heterocycles. The van der Waals surface area contributed by atoms with Crippen LogP contribution in [0.3, 0.4) is 0 Å². The van der Waals surface area contributed by atoms with Crippen molar-refractivity contribution in [1.82, 2.24) is 0 Å². The third-order valence-corrected chi connectivity index (χ3v) is 3.70. The van der Waals surface area contributed by atoms with Gasteiger partial charge in [-0.15, -0.1) is 0 Å². The Balaban J connectivity index is 3.41. The molecule has 0 aromatic rings. The molecule has 2 nitrogen and oxygen atoms in total. The number of alkyl halides is 1. The second-order valence-corrected chi connectivity index (χ2v) is 4.27. The van der Waals surface area contributed by atoms with E-state index in [0.29, 0.717) is 0 Å². The van der Waals surface area contributed by atoms with Gasteiger partial charge in [0.2, 0.25) is 10.8 Å². The fourth-order valence-electron chi connectivity index (χ4n) is 0.683. The van der Waals surface area contributed by atoms with Gasteiger partial charge < -0.3 is 5.11 Å². The van der Waals surface area contributed by atoms with Crippen LogP contribution in [0.5, 0.6) is 0 Å². The monoisotopic (exact) mass is 280 g/mol. The van der Waals surface area contributed by atoms with Crippen LogP contribution >= 0.6 is 58.0 Å². The van der Waals surface area contributed by atoms with Crippen molar-refractivity contribution in [3.8, 4) is 0 Å². The normalized spacial score (nSPS) is 30.2. The van der Waals surface area contributed by atoms with Crippen LogP contribution in [-0.2, 0) is 4.79 Å². The number of aliphatic hydroxyl groups is 1. The zero-order valence-electron chi connectivity index (χ0n) is 5.75. The highest BCUT2D eigenvalue weighted by Crippen LogP contribution is 2.43. The molecule has 0 spiro atoms. The highest BCUT2D eigenvalue weighted by Gasteiger charge is 2.45. The van der Waals surface area contributed by atoms with Crippen LogP contribution in [0.25, 0.3) is 0 Å². The summed E-state index contributed by atoms with van der Waals surface area (Å²) >= 11 is 27.4. The molecule has 72 valence electrons. The SMILES string of the molecule is O=C1C(Cl)=C(Cl)C(Cl)=C(Cl)C1(O)Cl. The maximum atomic E-state index is 11.2. The van der Waals surface area contributed by atoms with Gasteiger partial charge in [-0.2, -0.15) is 0 Å². The summed E-state index contributed by atoms with van der Waals surface area (Å²) in [6.45, 7) is 0. The van der Waals surface area contributed by atoms with Gasteiger partial charge in [0.15, 0.2) is 0 Å². The minimum atomic E-state index is -2.41. The summed E-state index contributed by atoms with van der Waals surface area (Å²) < 4.78 is 0. The Bertz CT molecular complexity index is 341. The number of hydrogen-bond acceptors (Lipinski definition) is 2. The summed E-state index contributed by atoms with van der Waals surface area (Å²) in [6.07, 6.45) is 0. The molecule has 1 unspecified atom stereocenters. The van der Waals surface area contributed by atoms with Gasteiger partial charge in [-0.05, 0) is 0 Å². The van der Waals surface area contributed by atoms with Crippen molar-refractivity contribution in [2.45, 2.75) is 5.06 Å². The summed E-state index contributed by atoms with van der Waals surface area (Å²) in [5.74, 6) is -0.991. The quantitative estimate of drug-likeness (QED) is 0.694. The lowest BCUT2D eigenvalue weighted by atomic mass is 10.1. The minimum absolute atomic E-state index is 0.219. The van der Waals surface area contributed by atoms with E-state index in [1.807, 2.05) is 0 Å². The molecule has 0 fully saturated rings. The molecule has 1 rings (SSSR count). The van der Waals surface area contributed by atoms with E-state index in [9.17, 15) is 9.90 Å². The van der Waals surface area contributed by atoms with Crippen LogP contribution in [0.2, 0.25) is 0 Å². The Morgan fingerprint density at radius 1 is 1.00 bits per heavy atom. The molecule has 0 radical (unpaired) electrons. The smallest absolute Gasteiger partial charge is 0.241 e. The molecule has 1 N–H and O–H groups in total. The molecule has 0 aliphatic heterocycles. The average Bonchev–Trinajstić information content (AvgIpc) is 2.09. The first kappa shape index (κ1) is 11.6. The molecule has 0 saturated carbocycles. The van der Waals surface area contributed by atoms with Crippen molar-refractivity contribution >= 4 is 63.8 Å². The molecule has 7 heteroatoms. The fraction of sp³-hybridized carbons (Fsp3) is 0.167. The van der Waals surface area contributed by atoms with E-state index < -0.39 is 20.9 Å². The van der Waals surface area contributed by atoms with E-state index in [1.165, 1.54) is 0 Å². The number of hydrogen-bond donors (Lipinski definition) is 1. The zero-order chi connectivity index (χ0) is 10.4. The zero-order valence-corrected chi connectivity index (χ0v) is 9.52. The van der Waals surface area contributed by atoms with E-state index in [-0.39, 0.29) is 10.1 Å². The summed E-state index contributed by atoms with van der Waals surface area (Å²) in [4.78, 5) is 11.2. The first-order chi connectivity index (χ1) is 5.80. The molecule has 0 amide bonds. The summed E-state index contributed by atoms with van der Waals surface area (Å²) in [7, 11) is 0. The van der Waals surface area contributed by atoms with E-state index in [1.54, 1.807) is 0 Å². The molecule has 0 heterocycles. The predicted molar refractivity (Wildman–Crippen MR) is 53.3 cm³/mol. The lowest BCUT2D eigenvalue weighted by molar-refractivity contribution is -0.123. The van der Waals surface area contributed by atoms with Crippen LogP contribution < -0.4 is 0 Å². The van der Waals surface area contributed by atoms with Gasteiger partial charge in [0.1, 0.15) is 5.03 Å². The number of Topliss-reactive ketones (excluding diaryl/α,β-unsaturated/α-hetero) is 1. The Hall–Kier alpha value is 0.560. The van der Waals surface area contributed by atoms with E-state index >= 15 is 0 Å². The fourth-order valence-corrected chi connectivity index (χ4v) is 1.89. The number of ketones is 1. The average molecular weight is 282 g/mol. The van der Waals surface area contributed by atoms with Crippen molar-refractivity contribution in [2.75, 3.05) is 0 Å². The summed E-state index contributed by atoms with van der Waals surface area (Å²) in [5.41, 5.74) is 0. The molecular formula is C6HCl5O2. The highest BCUT2D eigenvalue weighted by molar-refractivity contribution is 6.62. The molecule has 1 atom stereocenters. The minimum Gasteiger partial charge on any atom is -0.364 e. The lowest BCUT2D eigenvalue weighted by Crippen LogP contribution is -2.36. The Labute approximate surface area is 98.7 Å². The molecule has 13 heavy (non-hydrogen) atoms. The van der Waals surface area contributed by atoms with Crippen LogP contribution in [0, 0.1) is 0 Å². The van der Waals surface area contributed by atoms with Crippen LogP contribution in [0.4, 0.5) is 0 Å². The van der Waals surface area contributed by atoms with Crippen molar-refractivity contribution in [3.05, 3.63) is 20.1 Å². The van der Waals surface area contributed by atoms with Crippen molar-refractivity contribution in [3.63, 3.8) is 0 Å². The molecule has 1 aliphatic carbocycles. The molecule has 0 bridgehead atoms. The summed E-state index contributed by atoms with van der Waals surface area (Å²) in [5, 5.41) is 5.59. The van der Waals surface area contributed by atoms with Crippen LogP contribution in [0.15, 0.2) is 20.1 Å². The second kappa shape index (κ2) is 3.61. The first-order valence-corrected chi connectivity index (χ1v) is 4.76. The summed E-state index contributed by atoms with van der Waals surface area (Å²) in [6, 6.07) is 0. The van der Waals surface area contributed by atoms with E-state index in [0.717, 1.165) is 0 Å². The number of allylic oxidation sites excluding steroid dienone is 2. The molecule has 0 aromatic heterocycles. The number of rotatable bonds is 0. The Morgan fingerprint density at radius 2 is 1.46 bits per heavy atom. The number of halogens is 5. The maximum absolute atomic E-state index is 11.2. The van der Waals surface area contributed by atoms with Gasteiger partial charge >= 0.3 is 0 Å². The lowest BCUT2D eigenvalue weighted by Gasteiger charge is -2.23. The Morgan fingerprint density at radius 3 is 1.92 bits per heavy atom. The van der Waals surface area contributed by atoms with Gasteiger partial charge in [0.25, 0.3) is 0 Å². The van der Waals surface area contributed by atoms with Crippen molar-refractivity contribution < 1.29 is 9.90 Å². The second-order valence-electron chi connectivity index (χ2n) is 2.21. The maximum Gasteiger partial charge on any atom is 0.241 e. The van der Waals surface area contributed by atoms with Gasteiger partial charge in [-0.1, -0.05) is 58.0 Å². The van der Waals surface area contributed by atoms with E-state index in [2.05, 4.69) is 0 Å². The molecular weight excluding hydrogens is 281 g/mol. The van der Waals surface area contributed by atoms with Gasteiger partial charge in [-0.3, -0.25) is 4.79 Å². The standard InChI is InChI=1S/C6HCl5O2/c7-1-2(8)4(10)6(11,13)5(12)3(1)9/h13H. The van der Waals surface area contributed by atoms with Crippen molar-refractivity contribution in [1.29, 1.82) is 0 Å². The van der Waals surface area contributed by atoms with Crippen LogP contribution in [0.1, 0.15) is 0 Å². The topological polar surface area (TPSA) is 37.3 Å². The third-order valence-electron chi connectivity index (χ3n) is 1.37. The predicted octanol–water partition coefficient (Wildman–Crippen LogP) is 2.87. The van der Waals surface area contributed by atoms with Crippen LogP contribution in [-0.4, -0.2) is 16.0 Å². The molecule has 0 aromatic carbocycles.